The first kappa shape index (κ1) is 16.6. The van der Waals surface area contributed by atoms with E-state index in [1.54, 1.807) is 12.1 Å². The quantitative estimate of drug-likeness (QED) is 0.924. The summed E-state index contributed by atoms with van der Waals surface area (Å²) >= 11 is 0. The number of carbonyl (C=O) groups is 1. The first-order valence-corrected chi connectivity index (χ1v) is 6.79. The average molecular weight is 318 g/mol. The van der Waals surface area contributed by atoms with E-state index in [1.165, 1.54) is 4.90 Å². The fourth-order valence-electron chi connectivity index (χ4n) is 2.19. The Morgan fingerprint density at radius 3 is 2.55 bits per heavy atom. The van der Waals surface area contributed by atoms with E-state index in [2.05, 4.69) is 0 Å². The molecule has 1 atom stereocenters. The number of aliphatic hydroxyl groups is 1. The Morgan fingerprint density at radius 1 is 1.27 bits per heavy atom. The van der Waals surface area contributed by atoms with Crippen LogP contribution in [0.4, 0.5) is 18.0 Å². The number of nitrogens with zero attached hydrogens (tertiary/aromatic N) is 2. The van der Waals surface area contributed by atoms with Crippen molar-refractivity contribution in [3.63, 3.8) is 0 Å². The smallest absolute Gasteiger partial charge is 0.410 e. The van der Waals surface area contributed by atoms with Crippen molar-refractivity contribution in [2.24, 2.45) is 0 Å². The third-order valence-electron chi connectivity index (χ3n) is 3.31. The number of piperazine rings is 1. The van der Waals surface area contributed by atoms with Crippen molar-refractivity contribution in [2.75, 3.05) is 26.2 Å². The summed E-state index contributed by atoms with van der Waals surface area (Å²) in [5.41, 5.74) is 0.812. The van der Waals surface area contributed by atoms with Gasteiger partial charge < -0.3 is 14.7 Å². The fraction of sp³-hybridized carbons (Fsp3) is 0.500. The molecule has 2 rings (SSSR count). The molecule has 1 aliphatic heterocycles. The molecule has 1 aromatic carbocycles. The van der Waals surface area contributed by atoms with Crippen LogP contribution in [0.2, 0.25) is 0 Å². The van der Waals surface area contributed by atoms with Crippen molar-refractivity contribution >= 4 is 6.09 Å². The molecule has 22 heavy (non-hydrogen) atoms. The van der Waals surface area contributed by atoms with Gasteiger partial charge in [-0.05, 0) is 5.56 Å². The lowest BCUT2D eigenvalue weighted by atomic mass is 10.2. The molecule has 5 nitrogen and oxygen atoms in total. The molecule has 1 heterocycles. The SMILES string of the molecule is O=C(OCc1ccccc1)N1CCN(CC(F)(F)F)C(O)C1. The van der Waals surface area contributed by atoms with E-state index in [-0.39, 0.29) is 26.2 Å². The van der Waals surface area contributed by atoms with Gasteiger partial charge in [-0.25, -0.2) is 4.79 Å². The number of aliphatic hydroxyl groups excluding tert-OH is 1. The van der Waals surface area contributed by atoms with Crippen LogP contribution < -0.4 is 0 Å². The van der Waals surface area contributed by atoms with Gasteiger partial charge in [0.1, 0.15) is 12.8 Å². The van der Waals surface area contributed by atoms with Crippen LogP contribution in [0, 0.1) is 0 Å². The molecule has 0 aromatic heterocycles. The topological polar surface area (TPSA) is 53.0 Å². The van der Waals surface area contributed by atoms with Gasteiger partial charge in [0.15, 0.2) is 0 Å². The highest BCUT2D eigenvalue weighted by atomic mass is 19.4. The van der Waals surface area contributed by atoms with Crippen LogP contribution in [0.1, 0.15) is 5.56 Å². The minimum Gasteiger partial charge on any atom is -0.445 e. The molecule has 0 radical (unpaired) electrons. The summed E-state index contributed by atoms with van der Waals surface area (Å²) in [6.07, 6.45) is -6.37. The number of carbonyl (C=O) groups excluding carboxylic acids is 1. The number of benzene rings is 1. The summed E-state index contributed by atoms with van der Waals surface area (Å²) < 4.78 is 42.0. The van der Waals surface area contributed by atoms with Gasteiger partial charge in [-0.15, -0.1) is 0 Å². The number of ether oxygens (including phenoxy) is 1. The normalized spacial score (nSPS) is 20.0. The van der Waals surface area contributed by atoms with Crippen molar-refractivity contribution in [1.82, 2.24) is 9.80 Å². The molecule has 1 unspecified atom stereocenters. The van der Waals surface area contributed by atoms with Gasteiger partial charge in [0.05, 0.1) is 13.1 Å². The van der Waals surface area contributed by atoms with Gasteiger partial charge in [-0.2, -0.15) is 13.2 Å². The lowest BCUT2D eigenvalue weighted by Gasteiger charge is -2.38. The van der Waals surface area contributed by atoms with Gasteiger partial charge in [0, 0.05) is 13.1 Å². The number of hydrogen-bond donors (Lipinski definition) is 1. The largest absolute Gasteiger partial charge is 0.445 e. The van der Waals surface area contributed by atoms with Crippen LogP contribution in [-0.2, 0) is 11.3 Å². The minimum atomic E-state index is -4.38. The number of amides is 1. The van der Waals surface area contributed by atoms with Crippen LogP contribution in [0.3, 0.4) is 0 Å². The Balaban J connectivity index is 1.81. The number of rotatable bonds is 3. The molecular weight excluding hydrogens is 301 g/mol. The van der Waals surface area contributed by atoms with E-state index in [4.69, 9.17) is 4.74 Å². The van der Waals surface area contributed by atoms with E-state index in [1.807, 2.05) is 18.2 Å². The monoisotopic (exact) mass is 318 g/mol. The van der Waals surface area contributed by atoms with Gasteiger partial charge in [0.25, 0.3) is 0 Å². The standard InChI is InChI=1S/C14H17F3N2O3/c15-14(16,17)10-19-7-6-18(8-12(19)20)13(21)22-9-11-4-2-1-3-5-11/h1-5,12,20H,6-10H2. The van der Waals surface area contributed by atoms with E-state index in [0.29, 0.717) is 0 Å². The molecule has 1 aromatic rings. The molecule has 1 N–H and O–H groups in total. The zero-order valence-electron chi connectivity index (χ0n) is 11.8. The molecule has 1 saturated heterocycles. The highest BCUT2D eigenvalue weighted by molar-refractivity contribution is 5.67. The molecule has 8 heteroatoms. The Kier molecular flexibility index (Phi) is 5.25. The first-order chi connectivity index (χ1) is 10.3. The number of β-amino-alcohol motifs (C(OH)–C–C–N with tert-alkyl or cyclic N) is 1. The third-order valence-corrected chi connectivity index (χ3v) is 3.31. The lowest BCUT2D eigenvalue weighted by Crippen LogP contribution is -2.56. The molecule has 1 amide bonds. The van der Waals surface area contributed by atoms with Crippen molar-refractivity contribution < 1.29 is 27.8 Å². The second kappa shape index (κ2) is 6.97. The second-order valence-corrected chi connectivity index (χ2v) is 5.05. The predicted molar refractivity (Wildman–Crippen MR) is 71.8 cm³/mol. The Hall–Kier alpha value is -1.80. The first-order valence-electron chi connectivity index (χ1n) is 6.79. The summed E-state index contributed by atoms with van der Waals surface area (Å²) in [6, 6.07) is 9.04. The van der Waals surface area contributed by atoms with Gasteiger partial charge >= 0.3 is 12.3 Å². The molecule has 0 aliphatic carbocycles. The fourth-order valence-corrected chi connectivity index (χ4v) is 2.19. The highest BCUT2D eigenvalue weighted by Gasteiger charge is 2.37. The maximum Gasteiger partial charge on any atom is 0.410 e. The van der Waals surface area contributed by atoms with Crippen LogP contribution in [0.5, 0.6) is 0 Å². The number of halogens is 3. The zero-order valence-corrected chi connectivity index (χ0v) is 11.8. The minimum absolute atomic E-state index is 0.0545. The molecule has 0 bridgehead atoms. The van der Waals surface area contributed by atoms with Crippen LogP contribution in [0.25, 0.3) is 0 Å². The Bertz CT molecular complexity index is 496. The lowest BCUT2D eigenvalue weighted by molar-refractivity contribution is -0.174. The maximum atomic E-state index is 12.3. The molecule has 0 spiro atoms. The van der Waals surface area contributed by atoms with Crippen molar-refractivity contribution in [1.29, 1.82) is 0 Å². The number of hydrogen-bond acceptors (Lipinski definition) is 4. The van der Waals surface area contributed by atoms with E-state index in [0.717, 1.165) is 10.5 Å². The van der Waals surface area contributed by atoms with E-state index < -0.39 is 25.0 Å². The summed E-state index contributed by atoms with van der Waals surface area (Å²) in [6.45, 7) is -1.29. The average Bonchev–Trinajstić information content (AvgIpc) is 2.46. The van der Waals surface area contributed by atoms with Crippen molar-refractivity contribution in [3.05, 3.63) is 35.9 Å². The van der Waals surface area contributed by atoms with Gasteiger partial charge in [-0.3, -0.25) is 4.90 Å². The summed E-state index contributed by atoms with van der Waals surface area (Å²) in [5, 5.41) is 9.71. The highest BCUT2D eigenvalue weighted by Crippen LogP contribution is 2.19. The Labute approximate surface area is 125 Å². The molecule has 122 valence electrons. The van der Waals surface area contributed by atoms with Gasteiger partial charge in [-0.1, -0.05) is 30.3 Å². The van der Waals surface area contributed by atoms with Gasteiger partial charge in [0.2, 0.25) is 0 Å². The van der Waals surface area contributed by atoms with Crippen molar-refractivity contribution in [2.45, 2.75) is 19.0 Å². The third kappa shape index (κ3) is 4.88. The summed E-state index contributed by atoms with van der Waals surface area (Å²) in [4.78, 5) is 14.0. The van der Waals surface area contributed by atoms with E-state index in [9.17, 15) is 23.1 Å². The molecule has 1 aliphatic rings. The van der Waals surface area contributed by atoms with Crippen LogP contribution in [0.15, 0.2) is 30.3 Å². The summed E-state index contributed by atoms with van der Waals surface area (Å²) in [5.74, 6) is 0. The second-order valence-electron chi connectivity index (χ2n) is 5.05. The van der Waals surface area contributed by atoms with Crippen LogP contribution >= 0.6 is 0 Å². The molecular formula is C14H17F3N2O3. The predicted octanol–water partition coefficient (Wildman–Crippen LogP) is 1.82. The molecule has 0 saturated carbocycles. The molecule has 1 fully saturated rings. The van der Waals surface area contributed by atoms with E-state index >= 15 is 0 Å². The zero-order chi connectivity index (χ0) is 16.2. The maximum absolute atomic E-state index is 12.3. The van der Waals surface area contributed by atoms with Crippen molar-refractivity contribution in [3.8, 4) is 0 Å². The number of alkyl halides is 3. The Morgan fingerprint density at radius 2 is 1.95 bits per heavy atom. The van der Waals surface area contributed by atoms with Crippen LogP contribution in [-0.4, -0.2) is 59.6 Å². The summed E-state index contributed by atoms with van der Waals surface area (Å²) in [7, 11) is 0.